The van der Waals surface area contributed by atoms with Gasteiger partial charge in [0.15, 0.2) is 5.11 Å². The fraction of sp³-hybridized carbons (Fsp3) is 0.579. The number of esters is 1. The minimum absolute atomic E-state index is 0.00670. The summed E-state index contributed by atoms with van der Waals surface area (Å²) in [5.74, 6) is -0.322. The van der Waals surface area contributed by atoms with Crippen molar-refractivity contribution in [2.24, 2.45) is 0 Å². The Bertz CT molecular complexity index is 613. The van der Waals surface area contributed by atoms with E-state index in [1.807, 2.05) is 13.0 Å². The Morgan fingerprint density at radius 1 is 1.32 bits per heavy atom. The zero-order valence-corrected chi connectivity index (χ0v) is 16.1. The molecule has 2 N–H and O–H groups in total. The van der Waals surface area contributed by atoms with Gasteiger partial charge in [-0.15, -0.1) is 0 Å². The van der Waals surface area contributed by atoms with Crippen molar-refractivity contribution >= 4 is 29.0 Å². The summed E-state index contributed by atoms with van der Waals surface area (Å²) in [5, 5.41) is 7.33. The molecule has 0 atom stereocenters. The average molecular weight is 365 g/mol. The quantitative estimate of drug-likeness (QED) is 0.567. The molecule has 1 aliphatic rings. The van der Waals surface area contributed by atoms with Crippen LogP contribution in [-0.4, -0.2) is 36.9 Å². The maximum Gasteiger partial charge on any atom is 0.338 e. The fourth-order valence-electron chi connectivity index (χ4n) is 3.28. The molecule has 0 bridgehead atoms. The number of aryl methyl sites for hydroxylation is 1. The van der Waals surface area contributed by atoms with Crippen LogP contribution in [0.15, 0.2) is 18.2 Å². The van der Waals surface area contributed by atoms with Crippen molar-refractivity contribution in [2.75, 3.05) is 25.6 Å². The molecule has 1 fully saturated rings. The smallest absolute Gasteiger partial charge is 0.338 e. The van der Waals surface area contributed by atoms with E-state index in [1.165, 1.54) is 12.8 Å². The summed E-state index contributed by atoms with van der Waals surface area (Å²) >= 11 is 5.54. The minimum Gasteiger partial charge on any atom is -0.462 e. The number of ether oxygens (including phenoxy) is 2. The molecule has 1 saturated carbocycles. The first-order valence-corrected chi connectivity index (χ1v) is 9.26. The van der Waals surface area contributed by atoms with E-state index in [0.29, 0.717) is 23.9 Å². The Balaban J connectivity index is 2.06. The second-order valence-electron chi connectivity index (χ2n) is 6.56. The number of anilines is 1. The Morgan fingerprint density at radius 2 is 2.04 bits per heavy atom. The van der Waals surface area contributed by atoms with Crippen molar-refractivity contribution in [3.8, 4) is 0 Å². The predicted molar refractivity (Wildman–Crippen MR) is 104 cm³/mol. The number of hydrogen-bond donors (Lipinski definition) is 2. The minimum atomic E-state index is -0.322. The highest BCUT2D eigenvalue weighted by atomic mass is 32.1. The molecule has 0 unspecified atom stereocenters. The van der Waals surface area contributed by atoms with Crippen LogP contribution < -0.4 is 10.6 Å². The van der Waals surface area contributed by atoms with Crippen LogP contribution in [0.1, 0.15) is 54.9 Å². The highest BCUT2D eigenvalue weighted by Crippen LogP contribution is 2.32. The van der Waals surface area contributed by atoms with Crippen LogP contribution in [0.5, 0.6) is 0 Å². The third-order valence-electron chi connectivity index (χ3n) is 4.72. The van der Waals surface area contributed by atoms with Crippen molar-refractivity contribution in [2.45, 2.75) is 51.5 Å². The molecule has 1 aliphatic carbocycles. The lowest BCUT2D eigenvalue weighted by Gasteiger charge is -2.32. The lowest BCUT2D eigenvalue weighted by atomic mass is 9.94. The summed E-state index contributed by atoms with van der Waals surface area (Å²) in [4.78, 5) is 11.9. The van der Waals surface area contributed by atoms with Crippen LogP contribution in [0.25, 0.3) is 0 Å². The standard InChI is InChI=1S/C19H28N2O3S/c1-4-24-17(22)15-8-7-14(2)16(13-15)20-18(25)21-19(11-12-23-3)9-5-6-10-19/h7-8,13H,4-6,9-12H2,1-3H3,(H2,20,21,25). The van der Waals surface area contributed by atoms with E-state index in [2.05, 4.69) is 10.6 Å². The molecule has 6 heteroatoms. The molecule has 0 amide bonds. The predicted octanol–water partition coefficient (Wildman–Crippen LogP) is 3.81. The lowest BCUT2D eigenvalue weighted by molar-refractivity contribution is 0.0526. The third-order valence-corrected chi connectivity index (χ3v) is 4.93. The van der Waals surface area contributed by atoms with Crippen LogP contribution in [0, 0.1) is 6.92 Å². The van der Waals surface area contributed by atoms with Crippen LogP contribution >= 0.6 is 12.2 Å². The summed E-state index contributed by atoms with van der Waals surface area (Å²) in [6, 6.07) is 5.46. The van der Waals surface area contributed by atoms with Gasteiger partial charge in [-0.1, -0.05) is 18.9 Å². The van der Waals surface area contributed by atoms with Crippen LogP contribution in [0.4, 0.5) is 5.69 Å². The summed E-state index contributed by atoms with van der Waals surface area (Å²) in [6.45, 7) is 4.85. The van der Waals surface area contributed by atoms with E-state index in [1.54, 1.807) is 26.2 Å². The van der Waals surface area contributed by atoms with Crippen molar-refractivity contribution in [1.29, 1.82) is 0 Å². The Kier molecular flexibility index (Phi) is 7.20. The largest absolute Gasteiger partial charge is 0.462 e. The molecule has 0 aliphatic heterocycles. The second kappa shape index (κ2) is 9.15. The highest BCUT2D eigenvalue weighted by Gasteiger charge is 2.34. The van der Waals surface area contributed by atoms with Crippen LogP contribution in [0.3, 0.4) is 0 Å². The maximum atomic E-state index is 11.9. The number of hydrogen-bond acceptors (Lipinski definition) is 4. The number of methoxy groups -OCH3 is 1. The van der Waals surface area contributed by atoms with Gasteiger partial charge in [0, 0.05) is 24.9 Å². The van der Waals surface area contributed by atoms with Gasteiger partial charge in [-0.05, 0) is 63.0 Å². The van der Waals surface area contributed by atoms with Crippen LogP contribution in [0.2, 0.25) is 0 Å². The molecular weight excluding hydrogens is 336 g/mol. The summed E-state index contributed by atoms with van der Waals surface area (Å²) in [5.41, 5.74) is 2.37. The zero-order valence-electron chi connectivity index (χ0n) is 15.3. The van der Waals surface area contributed by atoms with Gasteiger partial charge in [-0.3, -0.25) is 0 Å². The lowest BCUT2D eigenvalue weighted by Crippen LogP contribution is -2.48. The molecule has 0 spiro atoms. The second-order valence-corrected chi connectivity index (χ2v) is 6.97. The Morgan fingerprint density at radius 3 is 2.68 bits per heavy atom. The topological polar surface area (TPSA) is 59.6 Å². The summed E-state index contributed by atoms with van der Waals surface area (Å²) in [7, 11) is 1.73. The number of rotatable bonds is 7. The van der Waals surface area contributed by atoms with Crippen molar-refractivity contribution in [3.05, 3.63) is 29.3 Å². The molecule has 0 saturated heterocycles. The Labute approximate surface area is 155 Å². The maximum absolute atomic E-state index is 11.9. The molecule has 25 heavy (non-hydrogen) atoms. The number of carbonyl (C=O) groups excluding carboxylic acids is 1. The van der Waals surface area contributed by atoms with Gasteiger partial charge >= 0.3 is 5.97 Å². The molecule has 138 valence electrons. The zero-order chi connectivity index (χ0) is 18.3. The van der Waals surface area contributed by atoms with E-state index in [-0.39, 0.29) is 11.5 Å². The molecule has 0 aromatic heterocycles. The first-order valence-electron chi connectivity index (χ1n) is 8.85. The normalized spacial score (nSPS) is 15.6. The first-order chi connectivity index (χ1) is 12.0. The summed E-state index contributed by atoms with van der Waals surface area (Å²) in [6.07, 6.45) is 5.54. The van der Waals surface area contributed by atoms with Crippen molar-refractivity contribution in [1.82, 2.24) is 5.32 Å². The SMILES string of the molecule is CCOC(=O)c1ccc(C)c(NC(=S)NC2(CCOC)CCCC2)c1. The van der Waals surface area contributed by atoms with Gasteiger partial charge in [0.2, 0.25) is 0 Å². The van der Waals surface area contributed by atoms with E-state index < -0.39 is 0 Å². The van der Waals surface area contributed by atoms with Gasteiger partial charge in [0.25, 0.3) is 0 Å². The molecule has 5 nitrogen and oxygen atoms in total. The number of benzene rings is 1. The van der Waals surface area contributed by atoms with Crippen molar-refractivity contribution < 1.29 is 14.3 Å². The number of carbonyl (C=O) groups is 1. The third kappa shape index (κ3) is 5.41. The molecule has 0 radical (unpaired) electrons. The van der Waals surface area contributed by atoms with Crippen molar-refractivity contribution in [3.63, 3.8) is 0 Å². The molecule has 2 rings (SSSR count). The average Bonchev–Trinajstić information content (AvgIpc) is 3.03. The van der Waals surface area contributed by atoms with Gasteiger partial charge in [-0.2, -0.15) is 0 Å². The van der Waals surface area contributed by atoms with E-state index in [4.69, 9.17) is 21.7 Å². The highest BCUT2D eigenvalue weighted by molar-refractivity contribution is 7.80. The molecular formula is C19H28N2O3S. The van der Waals surface area contributed by atoms with Gasteiger partial charge in [0.05, 0.1) is 12.2 Å². The monoisotopic (exact) mass is 364 g/mol. The van der Waals surface area contributed by atoms with Gasteiger partial charge in [-0.25, -0.2) is 4.79 Å². The fourth-order valence-corrected chi connectivity index (χ4v) is 3.61. The number of nitrogens with one attached hydrogen (secondary N) is 2. The molecule has 1 aromatic rings. The van der Waals surface area contributed by atoms with E-state index in [9.17, 15) is 4.79 Å². The van der Waals surface area contributed by atoms with E-state index in [0.717, 1.165) is 30.5 Å². The van der Waals surface area contributed by atoms with E-state index >= 15 is 0 Å². The molecule has 0 heterocycles. The van der Waals surface area contributed by atoms with Gasteiger partial charge < -0.3 is 20.1 Å². The first kappa shape index (κ1) is 19.7. The molecule has 1 aromatic carbocycles. The summed E-state index contributed by atoms with van der Waals surface area (Å²) < 4.78 is 10.3. The Hall–Kier alpha value is -1.66. The van der Waals surface area contributed by atoms with Crippen LogP contribution in [-0.2, 0) is 9.47 Å². The van der Waals surface area contributed by atoms with Gasteiger partial charge in [0.1, 0.15) is 0 Å². The number of thiocarbonyl (C=S) groups is 1.